The largest absolute Gasteiger partial charge is 0.380 e. The maximum absolute atomic E-state index is 5.21. The highest BCUT2D eigenvalue weighted by molar-refractivity contribution is 5.40. The summed E-state index contributed by atoms with van der Waals surface area (Å²) in [5.74, 6) is 0.803. The lowest BCUT2D eigenvalue weighted by molar-refractivity contribution is 0.184. The zero-order valence-electron chi connectivity index (χ0n) is 11.3. The molecule has 0 aliphatic heterocycles. The van der Waals surface area contributed by atoms with E-state index in [9.17, 15) is 0 Å². The van der Waals surface area contributed by atoms with Crippen LogP contribution in [-0.2, 0) is 17.9 Å². The van der Waals surface area contributed by atoms with E-state index in [1.807, 2.05) is 24.3 Å². The average molecular weight is 261 g/mol. The Hall–Kier alpha value is -1.79. The van der Waals surface area contributed by atoms with Gasteiger partial charge < -0.3 is 10.1 Å². The van der Waals surface area contributed by atoms with Crippen LogP contribution in [0.5, 0.6) is 0 Å². The van der Waals surface area contributed by atoms with Crippen molar-refractivity contribution in [2.45, 2.75) is 26.5 Å². The van der Waals surface area contributed by atoms with Crippen molar-refractivity contribution in [2.75, 3.05) is 13.7 Å². The summed E-state index contributed by atoms with van der Waals surface area (Å²) in [4.78, 5) is 0. The van der Waals surface area contributed by atoms with Crippen molar-refractivity contribution in [3.8, 4) is 5.69 Å². The molecule has 0 unspecified atom stereocenters. The highest BCUT2D eigenvalue weighted by Gasteiger charge is 2.11. The van der Waals surface area contributed by atoms with Crippen LogP contribution < -0.4 is 5.32 Å². The minimum atomic E-state index is 0.540. The lowest BCUT2D eigenvalue weighted by Gasteiger charge is -2.10. The summed E-state index contributed by atoms with van der Waals surface area (Å²) in [6, 6.07) is 7.97. The van der Waals surface area contributed by atoms with Crippen LogP contribution in [0, 0.1) is 0 Å². The Labute approximate surface area is 112 Å². The maximum Gasteiger partial charge on any atom is 0.170 e. The number of methoxy groups -OCH3 is 1. The van der Waals surface area contributed by atoms with Gasteiger partial charge in [-0.25, -0.2) is 0 Å². The Morgan fingerprint density at radius 2 is 2.16 bits per heavy atom. The van der Waals surface area contributed by atoms with Gasteiger partial charge in [0.25, 0.3) is 0 Å². The van der Waals surface area contributed by atoms with Crippen LogP contribution in [0.2, 0.25) is 0 Å². The van der Waals surface area contributed by atoms with E-state index in [4.69, 9.17) is 4.74 Å². The van der Waals surface area contributed by atoms with Gasteiger partial charge in [0.05, 0.1) is 18.8 Å². The van der Waals surface area contributed by atoms with Gasteiger partial charge in [0, 0.05) is 12.7 Å². The number of tetrazole rings is 1. The van der Waals surface area contributed by atoms with E-state index in [0.717, 1.165) is 30.0 Å². The molecule has 6 heteroatoms. The van der Waals surface area contributed by atoms with Crippen molar-refractivity contribution >= 4 is 0 Å². The molecule has 0 aliphatic rings. The summed E-state index contributed by atoms with van der Waals surface area (Å²) in [6.45, 7) is 4.27. The molecule has 2 rings (SSSR count). The fourth-order valence-electron chi connectivity index (χ4n) is 1.88. The van der Waals surface area contributed by atoms with Crippen LogP contribution in [0.3, 0.4) is 0 Å². The third-order valence-corrected chi connectivity index (χ3v) is 2.76. The van der Waals surface area contributed by atoms with Crippen molar-refractivity contribution < 1.29 is 4.74 Å². The van der Waals surface area contributed by atoms with E-state index in [1.165, 1.54) is 0 Å². The minimum Gasteiger partial charge on any atom is -0.380 e. The van der Waals surface area contributed by atoms with Crippen molar-refractivity contribution in [3.63, 3.8) is 0 Å². The van der Waals surface area contributed by atoms with Crippen LogP contribution in [0.25, 0.3) is 5.69 Å². The van der Waals surface area contributed by atoms with Gasteiger partial charge in [0.15, 0.2) is 5.82 Å². The number of aromatic nitrogens is 4. The molecule has 1 N–H and O–H groups in total. The fraction of sp³-hybridized carbons (Fsp3) is 0.462. The molecular weight excluding hydrogens is 242 g/mol. The summed E-state index contributed by atoms with van der Waals surface area (Å²) in [6.07, 6.45) is 1.09. The zero-order chi connectivity index (χ0) is 13.5. The van der Waals surface area contributed by atoms with Crippen LogP contribution >= 0.6 is 0 Å². The van der Waals surface area contributed by atoms with Crippen molar-refractivity contribution in [2.24, 2.45) is 0 Å². The number of hydrogen-bond donors (Lipinski definition) is 1. The molecule has 1 aromatic heterocycles. The molecule has 2 aromatic rings. The SMILES string of the molecule is CCCNCc1nnnn1-c1ccccc1COC. The average Bonchev–Trinajstić information content (AvgIpc) is 2.88. The van der Waals surface area contributed by atoms with E-state index >= 15 is 0 Å². The summed E-state index contributed by atoms with van der Waals surface area (Å²) in [5.41, 5.74) is 2.02. The predicted molar refractivity (Wildman–Crippen MR) is 71.9 cm³/mol. The quantitative estimate of drug-likeness (QED) is 0.761. The number of benzene rings is 1. The van der Waals surface area contributed by atoms with Gasteiger partial charge in [-0.3, -0.25) is 0 Å². The smallest absolute Gasteiger partial charge is 0.170 e. The molecule has 1 aromatic carbocycles. The van der Waals surface area contributed by atoms with E-state index in [2.05, 4.69) is 27.8 Å². The summed E-state index contributed by atoms with van der Waals surface area (Å²) in [7, 11) is 1.68. The van der Waals surface area contributed by atoms with E-state index in [0.29, 0.717) is 13.2 Å². The summed E-state index contributed by atoms with van der Waals surface area (Å²) < 4.78 is 6.97. The van der Waals surface area contributed by atoms with E-state index in [-0.39, 0.29) is 0 Å². The molecule has 102 valence electrons. The fourth-order valence-corrected chi connectivity index (χ4v) is 1.88. The molecule has 6 nitrogen and oxygen atoms in total. The van der Waals surface area contributed by atoms with E-state index < -0.39 is 0 Å². The van der Waals surface area contributed by atoms with Crippen LogP contribution in [0.1, 0.15) is 24.7 Å². The third kappa shape index (κ3) is 3.36. The summed E-state index contributed by atoms with van der Waals surface area (Å²) in [5, 5.41) is 15.2. The van der Waals surface area contributed by atoms with Gasteiger partial charge in [0.1, 0.15) is 0 Å². The number of rotatable bonds is 7. The highest BCUT2D eigenvalue weighted by Crippen LogP contribution is 2.15. The molecule has 0 fully saturated rings. The standard InChI is InChI=1S/C13H19N5O/c1-3-8-14-9-13-15-16-17-18(13)12-7-5-4-6-11(12)10-19-2/h4-7,14H,3,8-10H2,1-2H3. The normalized spacial score (nSPS) is 10.8. The molecule has 19 heavy (non-hydrogen) atoms. The number of hydrogen-bond acceptors (Lipinski definition) is 5. The van der Waals surface area contributed by atoms with Crippen LogP contribution in [0.15, 0.2) is 24.3 Å². The van der Waals surface area contributed by atoms with Gasteiger partial charge >= 0.3 is 0 Å². The highest BCUT2D eigenvalue weighted by atomic mass is 16.5. The topological polar surface area (TPSA) is 64.9 Å². The third-order valence-electron chi connectivity index (χ3n) is 2.76. The number of nitrogens with zero attached hydrogens (tertiary/aromatic N) is 4. The molecule has 0 amide bonds. The van der Waals surface area contributed by atoms with Gasteiger partial charge in [-0.1, -0.05) is 25.1 Å². The Morgan fingerprint density at radius 1 is 1.32 bits per heavy atom. The van der Waals surface area contributed by atoms with Gasteiger partial charge in [-0.2, -0.15) is 4.68 Å². The number of para-hydroxylation sites is 1. The Morgan fingerprint density at radius 3 is 2.95 bits per heavy atom. The first-order valence-electron chi connectivity index (χ1n) is 6.42. The Bertz CT molecular complexity index is 511. The number of nitrogens with one attached hydrogen (secondary N) is 1. The predicted octanol–water partition coefficient (Wildman–Crippen LogP) is 1.31. The molecule has 0 saturated heterocycles. The molecule has 0 bridgehead atoms. The first-order valence-corrected chi connectivity index (χ1v) is 6.42. The maximum atomic E-state index is 5.21. The van der Waals surface area contributed by atoms with Crippen LogP contribution in [0.4, 0.5) is 0 Å². The first kappa shape index (κ1) is 13.6. The second-order valence-electron chi connectivity index (χ2n) is 4.25. The van der Waals surface area contributed by atoms with E-state index in [1.54, 1.807) is 11.8 Å². The second kappa shape index (κ2) is 6.96. The lowest BCUT2D eigenvalue weighted by Crippen LogP contribution is -2.18. The van der Waals surface area contributed by atoms with Crippen molar-refractivity contribution in [1.82, 2.24) is 25.5 Å². The monoisotopic (exact) mass is 261 g/mol. The molecule has 0 atom stereocenters. The molecule has 1 heterocycles. The Balaban J connectivity index is 2.24. The lowest BCUT2D eigenvalue weighted by atomic mass is 10.2. The Kier molecular flexibility index (Phi) is 5.00. The van der Waals surface area contributed by atoms with Gasteiger partial charge in [0.2, 0.25) is 0 Å². The molecule has 0 radical (unpaired) electrons. The van der Waals surface area contributed by atoms with Gasteiger partial charge in [-0.15, -0.1) is 5.10 Å². The summed E-state index contributed by atoms with van der Waals surface area (Å²) >= 11 is 0. The van der Waals surface area contributed by atoms with Gasteiger partial charge in [-0.05, 0) is 29.5 Å². The molecular formula is C13H19N5O. The second-order valence-corrected chi connectivity index (χ2v) is 4.25. The van der Waals surface area contributed by atoms with Crippen molar-refractivity contribution in [1.29, 1.82) is 0 Å². The first-order chi connectivity index (χ1) is 9.36. The molecule has 0 saturated carbocycles. The number of ether oxygens (including phenoxy) is 1. The van der Waals surface area contributed by atoms with Crippen molar-refractivity contribution in [3.05, 3.63) is 35.7 Å². The molecule has 0 spiro atoms. The minimum absolute atomic E-state index is 0.540. The van der Waals surface area contributed by atoms with Crippen LogP contribution in [-0.4, -0.2) is 33.9 Å². The molecule has 0 aliphatic carbocycles. The zero-order valence-corrected chi connectivity index (χ0v) is 11.3.